The summed E-state index contributed by atoms with van der Waals surface area (Å²) >= 11 is 2.81. The van der Waals surface area contributed by atoms with Gasteiger partial charge < -0.3 is 5.32 Å². The molecule has 0 fully saturated rings. The molecular weight excluding hydrogens is 478 g/mol. The summed E-state index contributed by atoms with van der Waals surface area (Å²) in [7, 11) is -3.73. The number of benzene rings is 1. The molecule has 3 rings (SSSR count). The average molecular weight is 506 g/mol. The molecule has 176 valence electrons. The number of aromatic nitrogens is 3. The number of carbonyl (C=O) groups excluding carboxylic acids is 1. The van der Waals surface area contributed by atoms with E-state index in [9.17, 15) is 13.2 Å². The molecule has 1 N–H and O–H groups in total. The molecular formula is C22H27N5O3S3. The number of thioether (sulfide) groups is 1. The van der Waals surface area contributed by atoms with Crippen LogP contribution in [-0.4, -0.2) is 41.6 Å². The number of hydrogen-bond acceptors (Lipinski definition) is 8. The predicted octanol–water partition coefficient (Wildman–Crippen LogP) is 4.67. The lowest BCUT2D eigenvalue weighted by Crippen LogP contribution is -2.31. The number of nitrogens with zero attached hydrogens (tertiary/aromatic N) is 4. The number of hydrogen-bond donors (Lipinski definition) is 1. The Morgan fingerprint density at radius 1 is 1.15 bits per heavy atom. The van der Waals surface area contributed by atoms with Crippen molar-refractivity contribution < 1.29 is 13.2 Å². The Kier molecular flexibility index (Phi) is 8.81. The Morgan fingerprint density at radius 2 is 1.85 bits per heavy atom. The van der Waals surface area contributed by atoms with Gasteiger partial charge in [0, 0.05) is 47.4 Å². The summed E-state index contributed by atoms with van der Waals surface area (Å²) in [5, 5.41) is 5.74. The molecule has 33 heavy (non-hydrogen) atoms. The molecule has 0 aliphatic carbocycles. The lowest BCUT2D eigenvalue weighted by molar-refractivity contribution is -0.116. The monoisotopic (exact) mass is 505 g/mol. The maximum absolute atomic E-state index is 13.1. The van der Waals surface area contributed by atoms with Crippen molar-refractivity contribution in [3.8, 4) is 0 Å². The molecule has 2 aromatic heterocycles. The minimum atomic E-state index is -3.73. The van der Waals surface area contributed by atoms with E-state index in [4.69, 9.17) is 0 Å². The van der Waals surface area contributed by atoms with Crippen molar-refractivity contribution in [1.82, 2.24) is 15.0 Å². The minimum Gasteiger partial charge on any atom is -0.326 e. The second kappa shape index (κ2) is 11.6. The molecule has 1 aromatic carbocycles. The Morgan fingerprint density at radius 3 is 2.45 bits per heavy atom. The van der Waals surface area contributed by atoms with Gasteiger partial charge in [-0.25, -0.2) is 27.7 Å². The van der Waals surface area contributed by atoms with Crippen molar-refractivity contribution in [2.75, 3.05) is 21.9 Å². The van der Waals surface area contributed by atoms with E-state index in [0.717, 1.165) is 22.3 Å². The quantitative estimate of drug-likeness (QED) is 0.229. The van der Waals surface area contributed by atoms with E-state index in [2.05, 4.69) is 20.3 Å². The van der Waals surface area contributed by atoms with E-state index in [0.29, 0.717) is 36.6 Å². The third kappa shape index (κ3) is 6.99. The zero-order valence-electron chi connectivity index (χ0n) is 18.8. The molecule has 0 radical (unpaired) electrons. The maximum Gasteiger partial charge on any atom is 0.266 e. The van der Waals surface area contributed by atoms with Gasteiger partial charge >= 0.3 is 0 Å². The summed E-state index contributed by atoms with van der Waals surface area (Å²) in [4.78, 5) is 25.3. The highest BCUT2D eigenvalue weighted by Gasteiger charge is 2.26. The van der Waals surface area contributed by atoms with Gasteiger partial charge in [0.2, 0.25) is 5.91 Å². The Balaban J connectivity index is 1.53. The van der Waals surface area contributed by atoms with Gasteiger partial charge in [-0.05, 0) is 57.0 Å². The number of sulfonamides is 1. The molecule has 2 heterocycles. The summed E-state index contributed by atoms with van der Waals surface area (Å²) in [5.41, 5.74) is 2.41. The summed E-state index contributed by atoms with van der Waals surface area (Å²) in [6, 6.07) is 8.15. The molecule has 0 saturated carbocycles. The highest BCUT2D eigenvalue weighted by Crippen LogP contribution is 2.26. The molecule has 1 amide bonds. The van der Waals surface area contributed by atoms with Gasteiger partial charge in [0.15, 0.2) is 10.3 Å². The molecule has 0 bridgehead atoms. The van der Waals surface area contributed by atoms with Crippen LogP contribution in [0.2, 0.25) is 0 Å². The average Bonchev–Trinajstić information content (AvgIpc) is 3.29. The van der Waals surface area contributed by atoms with E-state index < -0.39 is 10.0 Å². The van der Waals surface area contributed by atoms with Gasteiger partial charge in [0.1, 0.15) is 0 Å². The highest BCUT2D eigenvalue weighted by molar-refractivity contribution is 7.99. The van der Waals surface area contributed by atoms with Gasteiger partial charge in [-0.1, -0.05) is 18.7 Å². The molecule has 0 spiro atoms. The van der Waals surface area contributed by atoms with Crippen LogP contribution in [0.5, 0.6) is 0 Å². The first-order chi connectivity index (χ1) is 15.8. The van der Waals surface area contributed by atoms with Crippen molar-refractivity contribution >= 4 is 49.8 Å². The van der Waals surface area contributed by atoms with Crippen molar-refractivity contribution in [2.24, 2.45) is 0 Å². The second-order valence-corrected chi connectivity index (χ2v) is 11.1. The van der Waals surface area contributed by atoms with Crippen LogP contribution >= 0.6 is 23.1 Å². The lowest BCUT2D eigenvalue weighted by atomic mass is 10.3. The number of carbonyl (C=O) groups is 1. The van der Waals surface area contributed by atoms with Gasteiger partial charge in [0.25, 0.3) is 10.0 Å². The summed E-state index contributed by atoms with van der Waals surface area (Å²) in [6.45, 7) is 6.13. The van der Waals surface area contributed by atoms with E-state index in [1.807, 2.05) is 26.8 Å². The molecule has 3 aromatic rings. The number of amides is 1. The van der Waals surface area contributed by atoms with Gasteiger partial charge in [-0.2, -0.15) is 0 Å². The Hall–Kier alpha value is -2.50. The van der Waals surface area contributed by atoms with Crippen LogP contribution < -0.4 is 9.62 Å². The first-order valence-electron chi connectivity index (χ1n) is 10.6. The first-order valence-corrected chi connectivity index (χ1v) is 13.9. The maximum atomic E-state index is 13.1. The van der Waals surface area contributed by atoms with E-state index in [-0.39, 0.29) is 10.8 Å². The summed E-state index contributed by atoms with van der Waals surface area (Å²) < 4.78 is 27.5. The Bertz CT molecular complexity index is 1150. The van der Waals surface area contributed by atoms with Crippen LogP contribution in [0.1, 0.15) is 37.6 Å². The fourth-order valence-electron chi connectivity index (χ4n) is 3.08. The third-order valence-corrected chi connectivity index (χ3v) is 8.17. The first kappa shape index (κ1) is 25.1. The largest absolute Gasteiger partial charge is 0.326 e. The van der Waals surface area contributed by atoms with Crippen molar-refractivity contribution in [2.45, 2.75) is 50.1 Å². The zero-order valence-corrected chi connectivity index (χ0v) is 21.3. The molecule has 0 aliphatic rings. The lowest BCUT2D eigenvalue weighted by Gasteiger charge is -2.21. The SMILES string of the molecule is CCCN(c1nccs1)S(=O)(=O)c1ccc(NC(=O)CCCSc2nc(C)cc(C)n2)cc1. The van der Waals surface area contributed by atoms with Gasteiger partial charge in [-0.15, -0.1) is 11.3 Å². The summed E-state index contributed by atoms with van der Waals surface area (Å²) in [5.74, 6) is 0.611. The predicted molar refractivity (Wildman–Crippen MR) is 133 cm³/mol. The molecule has 11 heteroatoms. The van der Waals surface area contributed by atoms with Crippen LogP contribution in [0.15, 0.2) is 52.0 Å². The zero-order chi connectivity index (χ0) is 23.8. The molecule has 0 aliphatic heterocycles. The van der Waals surface area contributed by atoms with Crippen LogP contribution in [0.4, 0.5) is 10.8 Å². The van der Waals surface area contributed by atoms with Crippen molar-refractivity contribution in [1.29, 1.82) is 0 Å². The van der Waals surface area contributed by atoms with E-state index in [1.54, 1.807) is 23.7 Å². The van der Waals surface area contributed by atoms with Gasteiger partial charge in [-0.3, -0.25) is 4.79 Å². The van der Waals surface area contributed by atoms with Crippen molar-refractivity contribution in [3.05, 3.63) is 53.3 Å². The van der Waals surface area contributed by atoms with E-state index >= 15 is 0 Å². The van der Waals surface area contributed by atoms with E-state index in [1.165, 1.54) is 39.5 Å². The van der Waals surface area contributed by atoms with Gasteiger partial charge in [0.05, 0.1) is 4.90 Å². The molecule has 8 nitrogen and oxygen atoms in total. The Labute approximate surface area is 202 Å². The molecule has 0 unspecified atom stereocenters. The minimum absolute atomic E-state index is 0.122. The fourth-order valence-corrected chi connectivity index (χ4v) is 6.37. The summed E-state index contributed by atoms with van der Waals surface area (Å²) in [6.07, 6.45) is 3.29. The van der Waals surface area contributed by atoms with Crippen molar-refractivity contribution in [3.63, 3.8) is 0 Å². The van der Waals surface area contributed by atoms with Crippen LogP contribution in [0.3, 0.4) is 0 Å². The number of aryl methyl sites for hydroxylation is 2. The third-order valence-electron chi connectivity index (χ3n) is 4.53. The molecule has 0 saturated heterocycles. The van der Waals surface area contributed by atoms with Crippen LogP contribution in [-0.2, 0) is 14.8 Å². The van der Waals surface area contributed by atoms with Crippen LogP contribution in [0, 0.1) is 13.8 Å². The standard InChI is InChI=1S/C22H27N5O3S3/c1-4-12-27(22-23-11-14-32-22)33(29,30)19-9-7-18(8-10-19)26-20(28)6-5-13-31-21-24-16(2)15-17(3)25-21/h7-11,14-15H,4-6,12-13H2,1-3H3,(H,26,28). The number of anilines is 2. The highest BCUT2D eigenvalue weighted by atomic mass is 32.2. The fraction of sp³-hybridized carbons (Fsp3) is 0.364. The topological polar surface area (TPSA) is 105 Å². The van der Waals surface area contributed by atoms with Crippen LogP contribution in [0.25, 0.3) is 0 Å². The second-order valence-electron chi connectivity index (χ2n) is 7.35. The number of rotatable bonds is 11. The number of nitrogens with one attached hydrogen (secondary N) is 1. The number of thiazole rings is 1. The normalized spacial score (nSPS) is 11.4. The smallest absolute Gasteiger partial charge is 0.266 e. The molecule has 0 atom stereocenters.